The van der Waals surface area contributed by atoms with E-state index in [2.05, 4.69) is 22.5 Å². The Labute approximate surface area is 149 Å². The Hall–Kier alpha value is -3.28. The summed E-state index contributed by atoms with van der Waals surface area (Å²) in [4.78, 5) is 16.3. The van der Waals surface area contributed by atoms with E-state index < -0.39 is 11.6 Å². The number of benzene rings is 2. The van der Waals surface area contributed by atoms with Crippen molar-refractivity contribution >= 4 is 23.0 Å². The van der Waals surface area contributed by atoms with Gasteiger partial charge in [0.2, 0.25) is 0 Å². The van der Waals surface area contributed by atoms with Gasteiger partial charge >= 0.3 is 0 Å². The molecular weight excluding hydrogens is 336 g/mol. The largest absolute Gasteiger partial charge is 0.349 e. The van der Waals surface area contributed by atoms with Gasteiger partial charge in [0.1, 0.15) is 23.0 Å². The predicted octanol–water partition coefficient (Wildman–Crippen LogP) is 4.92. The standard InChI is InChI=1S/C20H17F2N3O/c1-2-13-6-8-14(9-7-13)25-20(26)18-11-10-15(12-23-18)24-19-16(21)4-3-5-17(19)22/h3-12,24H,2H2,1H3,(H,25,26). The average molecular weight is 353 g/mol. The molecule has 1 aromatic heterocycles. The number of aryl methyl sites for hydroxylation is 1. The molecule has 132 valence electrons. The fourth-order valence-corrected chi connectivity index (χ4v) is 2.38. The quantitative estimate of drug-likeness (QED) is 0.685. The first kappa shape index (κ1) is 17.5. The van der Waals surface area contributed by atoms with Gasteiger partial charge in [0.15, 0.2) is 0 Å². The lowest BCUT2D eigenvalue weighted by atomic mass is 10.1. The predicted molar refractivity (Wildman–Crippen MR) is 97.7 cm³/mol. The first-order chi connectivity index (χ1) is 12.6. The number of para-hydroxylation sites is 1. The lowest BCUT2D eigenvalue weighted by molar-refractivity contribution is 0.102. The Bertz CT molecular complexity index is 889. The van der Waals surface area contributed by atoms with Crippen molar-refractivity contribution in [1.82, 2.24) is 4.98 Å². The number of rotatable bonds is 5. The molecule has 0 saturated carbocycles. The highest BCUT2D eigenvalue weighted by Crippen LogP contribution is 2.22. The number of pyridine rings is 1. The molecule has 0 saturated heterocycles. The van der Waals surface area contributed by atoms with Crippen LogP contribution in [0.15, 0.2) is 60.8 Å². The lowest BCUT2D eigenvalue weighted by Gasteiger charge is -2.09. The number of carbonyl (C=O) groups excluding carboxylic acids is 1. The van der Waals surface area contributed by atoms with E-state index in [1.165, 1.54) is 30.0 Å². The minimum Gasteiger partial charge on any atom is -0.349 e. The fourth-order valence-electron chi connectivity index (χ4n) is 2.38. The van der Waals surface area contributed by atoms with Crippen LogP contribution in [0.5, 0.6) is 0 Å². The molecule has 0 aliphatic carbocycles. The molecule has 3 aromatic rings. The van der Waals surface area contributed by atoms with Gasteiger partial charge in [0.05, 0.1) is 11.9 Å². The minimum absolute atomic E-state index is 0.198. The Morgan fingerprint density at radius 2 is 1.62 bits per heavy atom. The first-order valence-electron chi connectivity index (χ1n) is 8.14. The average Bonchev–Trinajstić information content (AvgIpc) is 2.66. The first-order valence-corrected chi connectivity index (χ1v) is 8.14. The number of halogens is 2. The van der Waals surface area contributed by atoms with Crippen molar-refractivity contribution in [2.75, 3.05) is 10.6 Å². The molecule has 3 rings (SSSR count). The van der Waals surface area contributed by atoms with Crippen LogP contribution in [0.2, 0.25) is 0 Å². The van der Waals surface area contributed by atoms with Crippen molar-refractivity contribution in [1.29, 1.82) is 0 Å². The van der Waals surface area contributed by atoms with Gasteiger partial charge in [-0.2, -0.15) is 0 Å². The van der Waals surface area contributed by atoms with Gasteiger partial charge in [-0.3, -0.25) is 4.79 Å². The Kier molecular flexibility index (Phi) is 5.22. The Morgan fingerprint density at radius 3 is 2.19 bits per heavy atom. The van der Waals surface area contributed by atoms with E-state index in [1.807, 2.05) is 24.3 Å². The Morgan fingerprint density at radius 1 is 0.962 bits per heavy atom. The highest BCUT2D eigenvalue weighted by molar-refractivity contribution is 6.02. The molecule has 0 aliphatic heterocycles. The molecular formula is C20H17F2N3O. The molecule has 0 aliphatic rings. The fraction of sp³-hybridized carbons (Fsp3) is 0.100. The van der Waals surface area contributed by atoms with E-state index in [1.54, 1.807) is 0 Å². The highest BCUT2D eigenvalue weighted by atomic mass is 19.1. The number of hydrogen-bond donors (Lipinski definition) is 2. The smallest absolute Gasteiger partial charge is 0.274 e. The highest BCUT2D eigenvalue weighted by Gasteiger charge is 2.11. The van der Waals surface area contributed by atoms with Crippen LogP contribution in [0, 0.1) is 11.6 Å². The number of aromatic nitrogens is 1. The maximum Gasteiger partial charge on any atom is 0.274 e. The van der Waals surface area contributed by atoms with Crippen molar-refractivity contribution in [2.45, 2.75) is 13.3 Å². The van der Waals surface area contributed by atoms with Crippen LogP contribution in [0.4, 0.5) is 25.8 Å². The maximum absolute atomic E-state index is 13.7. The molecule has 2 N–H and O–H groups in total. The van der Waals surface area contributed by atoms with Crippen LogP contribution in [-0.2, 0) is 6.42 Å². The van der Waals surface area contributed by atoms with E-state index in [4.69, 9.17) is 0 Å². The topological polar surface area (TPSA) is 54.0 Å². The summed E-state index contributed by atoms with van der Waals surface area (Å²) in [5, 5.41) is 5.38. The van der Waals surface area contributed by atoms with Crippen molar-refractivity contribution in [3.63, 3.8) is 0 Å². The summed E-state index contributed by atoms with van der Waals surface area (Å²) < 4.78 is 27.3. The summed E-state index contributed by atoms with van der Waals surface area (Å²) >= 11 is 0. The van der Waals surface area contributed by atoms with E-state index in [0.29, 0.717) is 11.4 Å². The van der Waals surface area contributed by atoms with Gasteiger partial charge in [-0.1, -0.05) is 25.1 Å². The van der Waals surface area contributed by atoms with Gasteiger partial charge in [-0.25, -0.2) is 13.8 Å². The van der Waals surface area contributed by atoms with E-state index in [-0.39, 0.29) is 17.3 Å². The summed E-state index contributed by atoms with van der Waals surface area (Å²) in [5.41, 5.74) is 2.16. The molecule has 26 heavy (non-hydrogen) atoms. The van der Waals surface area contributed by atoms with Crippen molar-refractivity contribution in [2.24, 2.45) is 0 Å². The number of nitrogens with one attached hydrogen (secondary N) is 2. The molecule has 0 fully saturated rings. The zero-order valence-electron chi connectivity index (χ0n) is 14.1. The van der Waals surface area contributed by atoms with Crippen molar-refractivity contribution < 1.29 is 13.6 Å². The van der Waals surface area contributed by atoms with E-state index >= 15 is 0 Å². The third-order valence-corrected chi connectivity index (χ3v) is 3.85. The van der Waals surface area contributed by atoms with E-state index in [9.17, 15) is 13.6 Å². The molecule has 0 atom stereocenters. The molecule has 0 radical (unpaired) electrons. The summed E-state index contributed by atoms with van der Waals surface area (Å²) in [7, 11) is 0. The molecule has 1 amide bonds. The molecule has 0 spiro atoms. The zero-order chi connectivity index (χ0) is 18.5. The molecule has 6 heteroatoms. The van der Waals surface area contributed by atoms with Crippen LogP contribution >= 0.6 is 0 Å². The van der Waals surface area contributed by atoms with Crippen LogP contribution in [-0.4, -0.2) is 10.9 Å². The van der Waals surface area contributed by atoms with Gasteiger partial charge < -0.3 is 10.6 Å². The number of carbonyl (C=O) groups is 1. The third kappa shape index (κ3) is 4.03. The molecule has 0 unspecified atom stereocenters. The Balaban J connectivity index is 1.69. The minimum atomic E-state index is -0.706. The van der Waals surface area contributed by atoms with Crippen LogP contribution in [0.25, 0.3) is 0 Å². The van der Waals surface area contributed by atoms with Gasteiger partial charge in [0, 0.05) is 5.69 Å². The zero-order valence-corrected chi connectivity index (χ0v) is 14.1. The summed E-state index contributed by atoms with van der Waals surface area (Å²) in [6, 6.07) is 14.2. The SMILES string of the molecule is CCc1ccc(NC(=O)c2ccc(Nc3c(F)cccc3F)cn2)cc1. The molecule has 2 aromatic carbocycles. The normalized spacial score (nSPS) is 10.4. The third-order valence-electron chi connectivity index (χ3n) is 3.85. The molecule has 1 heterocycles. The maximum atomic E-state index is 13.7. The van der Waals surface area contributed by atoms with Crippen LogP contribution < -0.4 is 10.6 Å². The number of amides is 1. The lowest BCUT2D eigenvalue weighted by Crippen LogP contribution is -2.13. The monoisotopic (exact) mass is 353 g/mol. The van der Waals surface area contributed by atoms with E-state index in [0.717, 1.165) is 18.6 Å². The molecule has 4 nitrogen and oxygen atoms in total. The number of anilines is 3. The number of hydrogen-bond acceptors (Lipinski definition) is 3. The summed E-state index contributed by atoms with van der Waals surface area (Å²) in [5.74, 6) is -1.78. The van der Waals surface area contributed by atoms with Crippen molar-refractivity contribution in [3.8, 4) is 0 Å². The van der Waals surface area contributed by atoms with Gasteiger partial charge in [0.25, 0.3) is 5.91 Å². The van der Waals surface area contributed by atoms with Crippen LogP contribution in [0.3, 0.4) is 0 Å². The number of nitrogens with zero attached hydrogens (tertiary/aromatic N) is 1. The van der Waals surface area contributed by atoms with Crippen LogP contribution in [0.1, 0.15) is 23.0 Å². The second-order valence-corrected chi connectivity index (χ2v) is 5.66. The van der Waals surface area contributed by atoms with Gasteiger partial charge in [-0.15, -0.1) is 0 Å². The second-order valence-electron chi connectivity index (χ2n) is 5.66. The summed E-state index contributed by atoms with van der Waals surface area (Å²) in [6.07, 6.45) is 2.27. The van der Waals surface area contributed by atoms with Crippen molar-refractivity contribution in [3.05, 3.63) is 83.7 Å². The van der Waals surface area contributed by atoms with Gasteiger partial charge in [-0.05, 0) is 48.4 Å². The summed E-state index contributed by atoms with van der Waals surface area (Å²) in [6.45, 7) is 2.06. The molecule has 0 bridgehead atoms. The second kappa shape index (κ2) is 7.74.